The van der Waals surface area contributed by atoms with E-state index < -0.39 is 0 Å². The van der Waals surface area contributed by atoms with Crippen LogP contribution in [-0.2, 0) is 6.42 Å². The van der Waals surface area contributed by atoms with Crippen molar-refractivity contribution in [3.63, 3.8) is 0 Å². The highest BCUT2D eigenvalue weighted by Crippen LogP contribution is 2.24. The smallest absolute Gasteiger partial charge is 0.119 e. The van der Waals surface area contributed by atoms with E-state index >= 15 is 0 Å². The maximum atomic E-state index is 5.82. The molecule has 0 aromatic heterocycles. The van der Waals surface area contributed by atoms with Crippen LogP contribution in [0.1, 0.15) is 5.56 Å². The van der Waals surface area contributed by atoms with Gasteiger partial charge in [-0.05, 0) is 30.2 Å². The third kappa shape index (κ3) is 2.48. The van der Waals surface area contributed by atoms with Gasteiger partial charge in [-0.15, -0.1) is 0 Å². The Kier molecular flexibility index (Phi) is 3.18. The Morgan fingerprint density at radius 1 is 1.00 bits per heavy atom. The van der Waals surface area contributed by atoms with Crippen molar-refractivity contribution in [1.82, 2.24) is 0 Å². The van der Waals surface area contributed by atoms with Crippen molar-refractivity contribution in [3.05, 3.63) is 60.2 Å². The zero-order chi connectivity index (χ0) is 12.2. The minimum atomic E-state index is 0.542. The zero-order valence-electron chi connectivity index (χ0n) is 10.3. The molecule has 1 aliphatic rings. The molecule has 1 heterocycles. The molecule has 1 N–H and O–H groups in total. The first kappa shape index (κ1) is 11.1. The summed E-state index contributed by atoms with van der Waals surface area (Å²) in [5.41, 5.74) is 2.67. The van der Waals surface area contributed by atoms with Gasteiger partial charge in [0.05, 0.1) is 6.61 Å². The van der Waals surface area contributed by atoms with Crippen LogP contribution in [0.4, 0.5) is 5.69 Å². The minimum Gasteiger partial charge on any atom is -0.493 e. The monoisotopic (exact) mass is 239 g/mol. The number of benzene rings is 2. The first-order valence-corrected chi connectivity index (χ1v) is 6.41. The summed E-state index contributed by atoms with van der Waals surface area (Å²) in [6.45, 7) is 1.76. The normalized spacial score (nSPS) is 17.7. The highest BCUT2D eigenvalue weighted by atomic mass is 16.5. The van der Waals surface area contributed by atoms with Gasteiger partial charge in [-0.2, -0.15) is 0 Å². The van der Waals surface area contributed by atoms with Crippen molar-refractivity contribution in [2.24, 2.45) is 5.92 Å². The van der Waals surface area contributed by atoms with Gasteiger partial charge in [-0.1, -0.05) is 36.4 Å². The number of para-hydroxylation sites is 2. The molecular formula is C16H17NO. The molecule has 2 heteroatoms. The second kappa shape index (κ2) is 5.13. The van der Waals surface area contributed by atoms with Gasteiger partial charge in [0, 0.05) is 18.2 Å². The van der Waals surface area contributed by atoms with Gasteiger partial charge in [-0.3, -0.25) is 0 Å². The molecule has 1 atom stereocenters. The molecule has 2 aromatic rings. The summed E-state index contributed by atoms with van der Waals surface area (Å²) in [7, 11) is 0. The van der Waals surface area contributed by atoms with Crippen LogP contribution in [0.25, 0.3) is 0 Å². The molecule has 3 rings (SSSR count). The van der Waals surface area contributed by atoms with Crippen LogP contribution in [0.3, 0.4) is 0 Å². The Labute approximate surface area is 108 Å². The summed E-state index contributed by atoms with van der Waals surface area (Å²) >= 11 is 0. The summed E-state index contributed by atoms with van der Waals surface area (Å²) in [6, 6.07) is 18.5. The van der Waals surface area contributed by atoms with Gasteiger partial charge in [0.2, 0.25) is 0 Å². The lowest BCUT2D eigenvalue weighted by Gasteiger charge is -2.26. The fraction of sp³-hybridized carbons (Fsp3) is 0.250. The van der Waals surface area contributed by atoms with E-state index in [1.807, 2.05) is 30.3 Å². The van der Waals surface area contributed by atoms with Crippen LogP contribution in [-0.4, -0.2) is 13.2 Å². The Hall–Kier alpha value is -1.96. The maximum absolute atomic E-state index is 5.82. The molecule has 0 saturated carbocycles. The molecule has 92 valence electrons. The SMILES string of the molecule is c1ccc(OCC2CNc3ccccc3C2)cc1. The number of anilines is 1. The molecule has 2 nitrogen and oxygen atoms in total. The standard InChI is InChI=1S/C16H17NO/c1-2-7-15(8-3-1)18-12-13-10-14-6-4-5-9-16(14)17-11-13/h1-9,13,17H,10-12H2. The van der Waals surface area contributed by atoms with Crippen molar-refractivity contribution in [3.8, 4) is 5.75 Å². The van der Waals surface area contributed by atoms with Gasteiger partial charge in [0.25, 0.3) is 0 Å². The van der Waals surface area contributed by atoms with E-state index in [9.17, 15) is 0 Å². The quantitative estimate of drug-likeness (QED) is 0.887. The Morgan fingerprint density at radius 2 is 1.78 bits per heavy atom. The maximum Gasteiger partial charge on any atom is 0.119 e. The Morgan fingerprint density at radius 3 is 2.67 bits per heavy atom. The van der Waals surface area contributed by atoms with Gasteiger partial charge in [0.15, 0.2) is 0 Å². The Bertz CT molecular complexity index is 510. The van der Waals surface area contributed by atoms with E-state index in [4.69, 9.17) is 4.74 Å². The highest BCUT2D eigenvalue weighted by Gasteiger charge is 2.18. The highest BCUT2D eigenvalue weighted by molar-refractivity contribution is 5.53. The van der Waals surface area contributed by atoms with Crippen molar-refractivity contribution >= 4 is 5.69 Å². The lowest BCUT2D eigenvalue weighted by Crippen LogP contribution is -2.27. The van der Waals surface area contributed by atoms with Crippen LogP contribution < -0.4 is 10.1 Å². The fourth-order valence-electron chi connectivity index (χ4n) is 2.36. The summed E-state index contributed by atoms with van der Waals surface area (Å²) in [5, 5.41) is 3.47. The van der Waals surface area contributed by atoms with Crippen LogP contribution in [0.2, 0.25) is 0 Å². The van der Waals surface area contributed by atoms with Crippen LogP contribution in [0.15, 0.2) is 54.6 Å². The van der Waals surface area contributed by atoms with Gasteiger partial charge >= 0.3 is 0 Å². The van der Waals surface area contributed by atoms with Crippen molar-refractivity contribution < 1.29 is 4.74 Å². The first-order chi connectivity index (χ1) is 8.92. The summed E-state index contributed by atoms with van der Waals surface area (Å²) < 4.78 is 5.82. The van der Waals surface area contributed by atoms with Crippen LogP contribution in [0.5, 0.6) is 5.75 Å². The fourth-order valence-corrected chi connectivity index (χ4v) is 2.36. The number of fused-ring (bicyclic) bond motifs is 1. The molecule has 18 heavy (non-hydrogen) atoms. The minimum absolute atomic E-state index is 0.542. The summed E-state index contributed by atoms with van der Waals surface area (Å²) in [4.78, 5) is 0. The summed E-state index contributed by atoms with van der Waals surface area (Å²) in [6.07, 6.45) is 1.09. The van der Waals surface area contributed by atoms with E-state index in [0.29, 0.717) is 5.92 Å². The predicted octanol–water partition coefficient (Wildman–Crippen LogP) is 3.35. The third-order valence-corrected chi connectivity index (χ3v) is 3.34. The number of hydrogen-bond donors (Lipinski definition) is 1. The number of nitrogens with one attached hydrogen (secondary N) is 1. The second-order valence-electron chi connectivity index (χ2n) is 4.73. The molecule has 0 bridgehead atoms. The van der Waals surface area contributed by atoms with E-state index in [-0.39, 0.29) is 0 Å². The average Bonchev–Trinajstić information content (AvgIpc) is 2.46. The molecule has 1 unspecified atom stereocenters. The summed E-state index contributed by atoms with van der Waals surface area (Å²) in [5.74, 6) is 1.50. The number of ether oxygens (including phenoxy) is 1. The van der Waals surface area contributed by atoms with Crippen LogP contribution >= 0.6 is 0 Å². The molecule has 0 saturated heterocycles. The zero-order valence-corrected chi connectivity index (χ0v) is 10.3. The number of hydrogen-bond acceptors (Lipinski definition) is 2. The predicted molar refractivity (Wildman–Crippen MR) is 74.1 cm³/mol. The molecule has 1 aliphatic heterocycles. The Balaban J connectivity index is 1.60. The van der Waals surface area contributed by atoms with Crippen molar-refractivity contribution in [2.45, 2.75) is 6.42 Å². The molecule has 0 aliphatic carbocycles. The van der Waals surface area contributed by atoms with E-state index in [0.717, 1.165) is 25.3 Å². The van der Waals surface area contributed by atoms with E-state index in [1.54, 1.807) is 0 Å². The molecule has 0 fully saturated rings. The van der Waals surface area contributed by atoms with Crippen molar-refractivity contribution in [1.29, 1.82) is 0 Å². The van der Waals surface area contributed by atoms with Crippen LogP contribution in [0, 0.1) is 5.92 Å². The van der Waals surface area contributed by atoms with E-state index in [2.05, 4.69) is 29.6 Å². The molecule has 0 spiro atoms. The van der Waals surface area contributed by atoms with Crippen molar-refractivity contribution in [2.75, 3.05) is 18.5 Å². The lowest BCUT2D eigenvalue weighted by atomic mass is 9.95. The van der Waals surface area contributed by atoms with Gasteiger partial charge in [-0.25, -0.2) is 0 Å². The van der Waals surface area contributed by atoms with Gasteiger partial charge in [0.1, 0.15) is 5.75 Å². The lowest BCUT2D eigenvalue weighted by molar-refractivity contribution is 0.252. The molecule has 2 aromatic carbocycles. The molecular weight excluding hydrogens is 222 g/mol. The molecule has 0 amide bonds. The molecule has 0 radical (unpaired) electrons. The largest absolute Gasteiger partial charge is 0.493 e. The van der Waals surface area contributed by atoms with Gasteiger partial charge < -0.3 is 10.1 Å². The van der Waals surface area contributed by atoms with E-state index in [1.165, 1.54) is 11.3 Å². The number of rotatable bonds is 3. The second-order valence-corrected chi connectivity index (χ2v) is 4.73. The average molecular weight is 239 g/mol. The first-order valence-electron chi connectivity index (χ1n) is 6.41. The topological polar surface area (TPSA) is 21.3 Å². The third-order valence-electron chi connectivity index (χ3n) is 3.34.